The summed E-state index contributed by atoms with van der Waals surface area (Å²) in [4.78, 5) is 0. The lowest BCUT2D eigenvalue weighted by atomic mass is 9.80. The van der Waals surface area contributed by atoms with E-state index in [-0.39, 0.29) is 5.41 Å². The van der Waals surface area contributed by atoms with Crippen LogP contribution in [-0.2, 0) is 5.41 Å². The molecule has 4 rings (SSSR count). The molecular formula is C19H15. The van der Waals surface area contributed by atoms with E-state index in [4.69, 9.17) is 0 Å². The number of hydrogen-bond donors (Lipinski definition) is 0. The van der Waals surface area contributed by atoms with Crippen LogP contribution in [0.1, 0.15) is 25.0 Å². The van der Waals surface area contributed by atoms with Gasteiger partial charge in [0.2, 0.25) is 0 Å². The normalized spacial score (nSPS) is 16.9. The predicted molar refractivity (Wildman–Crippen MR) is 80.0 cm³/mol. The van der Waals surface area contributed by atoms with Gasteiger partial charge in [-0.2, -0.15) is 0 Å². The molecule has 0 heteroatoms. The van der Waals surface area contributed by atoms with Crippen LogP contribution in [0.2, 0.25) is 0 Å². The fourth-order valence-corrected chi connectivity index (χ4v) is 3.12. The highest BCUT2D eigenvalue weighted by Gasteiger charge is 2.22. The molecule has 0 fully saturated rings. The van der Waals surface area contributed by atoms with Gasteiger partial charge in [0, 0.05) is 5.41 Å². The van der Waals surface area contributed by atoms with Crippen LogP contribution >= 0.6 is 0 Å². The van der Waals surface area contributed by atoms with Gasteiger partial charge in [-0.25, -0.2) is 0 Å². The molecule has 0 N–H and O–H groups in total. The first kappa shape index (κ1) is 10.8. The van der Waals surface area contributed by atoms with Gasteiger partial charge in [-0.3, -0.25) is 0 Å². The molecule has 0 heterocycles. The quantitative estimate of drug-likeness (QED) is 0.569. The Balaban J connectivity index is 2.09. The highest BCUT2D eigenvalue weighted by Crippen LogP contribution is 2.28. The zero-order valence-corrected chi connectivity index (χ0v) is 11.2. The van der Waals surface area contributed by atoms with Gasteiger partial charge in [0.05, 0.1) is 0 Å². The zero-order valence-electron chi connectivity index (χ0n) is 11.2. The SMILES string of the molecule is CC1(C)C=[C]C=c2cc3c(cc21)=Cc1ccccc1-3. The molecular weight excluding hydrogens is 228 g/mol. The van der Waals surface area contributed by atoms with E-state index < -0.39 is 0 Å². The first-order chi connectivity index (χ1) is 9.15. The molecule has 2 aliphatic rings. The average Bonchev–Trinajstić information content (AvgIpc) is 2.75. The number of rotatable bonds is 0. The summed E-state index contributed by atoms with van der Waals surface area (Å²) in [6.07, 6.45) is 9.84. The average molecular weight is 243 g/mol. The molecule has 91 valence electrons. The molecule has 0 saturated carbocycles. The van der Waals surface area contributed by atoms with Crippen LogP contribution in [0, 0.1) is 6.08 Å². The highest BCUT2D eigenvalue weighted by atomic mass is 14.3. The van der Waals surface area contributed by atoms with Gasteiger partial charge in [0.25, 0.3) is 0 Å². The van der Waals surface area contributed by atoms with Crippen molar-refractivity contribution >= 4 is 12.2 Å². The van der Waals surface area contributed by atoms with Crippen molar-refractivity contribution < 1.29 is 0 Å². The molecule has 0 saturated heterocycles. The van der Waals surface area contributed by atoms with E-state index in [2.05, 4.69) is 74.5 Å². The number of hydrogen-bond acceptors (Lipinski definition) is 0. The molecule has 0 bridgehead atoms. The van der Waals surface area contributed by atoms with Crippen LogP contribution in [0.25, 0.3) is 23.3 Å². The van der Waals surface area contributed by atoms with Gasteiger partial charge in [-0.15, -0.1) is 0 Å². The largest absolute Gasteiger partial charge is 0.0666 e. The minimum absolute atomic E-state index is 0.0712. The summed E-state index contributed by atoms with van der Waals surface area (Å²) in [5, 5.41) is 2.65. The van der Waals surface area contributed by atoms with Gasteiger partial charge in [-0.05, 0) is 63.1 Å². The topological polar surface area (TPSA) is 0 Å². The molecule has 0 nitrogen and oxygen atoms in total. The van der Waals surface area contributed by atoms with Gasteiger partial charge < -0.3 is 0 Å². The van der Waals surface area contributed by atoms with E-state index in [0.29, 0.717) is 0 Å². The molecule has 2 aliphatic carbocycles. The third kappa shape index (κ3) is 1.46. The van der Waals surface area contributed by atoms with Gasteiger partial charge in [-0.1, -0.05) is 44.2 Å². The zero-order chi connectivity index (χ0) is 13.0. The molecule has 0 aromatic heterocycles. The number of benzene rings is 2. The minimum atomic E-state index is 0.0712. The fourth-order valence-electron chi connectivity index (χ4n) is 3.12. The van der Waals surface area contributed by atoms with E-state index in [1.165, 1.54) is 32.7 Å². The molecule has 0 unspecified atom stereocenters. The lowest BCUT2D eigenvalue weighted by Crippen LogP contribution is -2.29. The first-order valence-electron chi connectivity index (χ1n) is 6.71. The van der Waals surface area contributed by atoms with Gasteiger partial charge in [0.1, 0.15) is 0 Å². The van der Waals surface area contributed by atoms with Crippen molar-refractivity contribution in [1.29, 1.82) is 0 Å². The third-order valence-corrected chi connectivity index (χ3v) is 4.16. The minimum Gasteiger partial charge on any atom is -0.0666 e. The maximum Gasteiger partial charge on any atom is 0.00906 e. The second kappa shape index (κ2) is 3.48. The van der Waals surface area contributed by atoms with Crippen LogP contribution in [0.15, 0.2) is 42.5 Å². The summed E-state index contributed by atoms with van der Waals surface area (Å²) in [6.45, 7) is 4.50. The van der Waals surface area contributed by atoms with Crippen molar-refractivity contribution in [3.8, 4) is 11.1 Å². The number of allylic oxidation sites excluding steroid dienone is 2. The maximum absolute atomic E-state index is 3.29. The smallest absolute Gasteiger partial charge is 0.00906 e. The summed E-state index contributed by atoms with van der Waals surface area (Å²) in [5.74, 6) is 0. The van der Waals surface area contributed by atoms with Crippen LogP contribution in [0.4, 0.5) is 0 Å². The molecule has 0 aliphatic heterocycles. The van der Waals surface area contributed by atoms with E-state index in [1.807, 2.05) is 0 Å². The maximum atomic E-state index is 3.29. The van der Waals surface area contributed by atoms with E-state index in [0.717, 1.165) is 0 Å². The van der Waals surface area contributed by atoms with Crippen molar-refractivity contribution in [2.45, 2.75) is 19.3 Å². The Morgan fingerprint density at radius 3 is 2.68 bits per heavy atom. The monoisotopic (exact) mass is 243 g/mol. The summed E-state index contributed by atoms with van der Waals surface area (Å²) < 4.78 is 0. The molecule has 2 aromatic carbocycles. The lowest BCUT2D eigenvalue weighted by Gasteiger charge is -2.24. The van der Waals surface area contributed by atoms with E-state index >= 15 is 0 Å². The van der Waals surface area contributed by atoms with Crippen molar-refractivity contribution in [2.75, 3.05) is 0 Å². The van der Waals surface area contributed by atoms with Crippen LogP contribution in [0.5, 0.6) is 0 Å². The molecule has 0 amide bonds. The molecule has 0 spiro atoms. The Morgan fingerprint density at radius 1 is 0.947 bits per heavy atom. The summed E-state index contributed by atoms with van der Waals surface area (Å²) in [6, 6.07) is 13.3. The standard InChI is InChI=1S/C19H15/c1-19(2)9-5-7-14-11-17-15(12-18(14)19)10-13-6-3-4-8-16(13)17/h3-4,6-12H,1-2H3. The van der Waals surface area contributed by atoms with Crippen molar-refractivity contribution in [2.24, 2.45) is 0 Å². The molecule has 2 aromatic rings. The van der Waals surface area contributed by atoms with Crippen molar-refractivity contribution in [3.63, 3.8) is 0 Å². The first-order valence-corrected chi connectivity index (χ1v) is 6.71. The summed E-state index contributed by atoms with van der Waals surface area (Å²) in [5.41, 5.74) is 5.50. The molecule has 0 atom stereocenters. The van der Waals surface area contributed by atoms with Gasteiger partial charge in [0.15, 0.2) is 0 Å². The van der Waals surface area contributed by atoms with Crippen LogP contribution < -0.4 is 10.4 Å². The van der Waals surface area contributed by atoms with E-state index in [1.54, 1.807) is 0 Å². The predicted octanol–water partition coefficient (Wildman–Crippen LogP) is 2.93. The lowest BCUT2D eigenvalue weighted by molar-refractivity contribution is 0.659. The Labute approximate surface area is 113 Å². The van der Waals surface area contributed by atoms with E-state index in [9.17, 15) is 0 Å². The molecule has 1 radical (unpaired) electrons. The Kier molecular flexibility index (Phi) is 1.98. The van der Waals surface area contributed by atoms with Crippen molar-refractivity contribution in [3.05, 3.63) is 70.1 Å². The number of fused-ring (bicyclic) bond motifs is 4. The Morgan fingerprint density at radius 2 is 1.79 bits per heavy atom. The second-order valence-corrected chi connectivity index (χ2v) is 5.94. The summed E-state index contributed by atoms with van der Waals surface area (Å²) in [7, 11) is 0. The Bertz CT molecular complexity index is 833. The van der Waals surface area contributed by atoms with Crippen LogP contribution in [0.3, 0.4) is 0 Å². The van der Waals surface area contributed by atoms with Gasteiger partial charge >= 0.3 is 0 Å². The highest BCUT2D eigenvalue weighted by molar-refractivity contribution is 5.83. The third-order valence-electron chi connectivity index (χ3n) is 4.16. The van der Waals surface area contributed by atoms with Crippen molar-refractivity contribution in [1.82, 2.24) is 0 Å². The molecule has 19 heavy (non-hydrogen) atoms. The summed E-state index contributed by atoms with van der Waals surface area (Å²) >= 11 is 0. The fraction of sp³-hybridized carbons (Fsp3) is 0.158. The second-order valence-electron chi connectivity index (χ2n) is 5.94. The Hall–Kier alpha value is -2.08. The van der Waals surface area contributed by atoms with Crippen LogP contribution in [-0.4, -0.2) is 0 Å².